The lowest BCUT2D eigenvalue weighted by Crippen LogP contribution is -2.27. The predicted octanol–water partition coefficient (Wildman–Crippen LogP) is 3.80. The molecular weight excluding hydrogens is 469 g/mol. The SMILES string of the molecule is Cc1ccc(S(=O)(=O)NCCc2ccc(F)cc2)cc1C(=O)Nc1ccccc1C(=O)NC1CC1. The van der Waals surface area contributed by atoms with Gasteiger partial charge < -0.3 is 10.6 Å². The van der Waals surface area contributed by atoms with Crippen molar-refractivity contribution in [2.45, 2.75) is 37.1 Å². The number of amides is 2. The van der Waals surface area contributed by atoms with Crippen LogP contribution in [0.3, 0.4) is 0 Å². The summed E-state index contributed by atoms with van der Waals surface area (Å²) < 4.78 is 41.2. The molecule has 1 fully saturated rings. The average Bonchev–Trinajstić information content (AvgIpc) is 3.64. The molecular formula is C26H26FN3O4S. The number of carbonyl (C=O) groups is 2. The summed E-state index contributed by atoms with van der Waals surface area (Å²) in [6.07, 6.45) is 2.27. The minimum Gasteiger partial charge on any atom is -0.349 e. The number of carbonyl (C=O) groups excluding carboxylic acids is 2. The number of aryl methyl sites for hydroxylation is 1. The van der Waals surface area contributed by atoms with Gasteiger partial charge in [-0.25, -0.2) is 17.5 Å². The summed E-state index contributed by atoms with van der Waals surface area (Å²) in [6.45, 7) is 1.83. The first-order valence-corrected chi connectivity index (χ1v) is 12.8. The van der Waals surface area contributed by atoms with E-state index < -0.39 is 15.9 Å². The summed E-state index contributed by atoms with van der Waals surface area (Å²) in [7, 11) is -3.88. The predicted molar refractivity (Wildman–Crippen MR) is 131 cm³/mol. The summed E-state index contributed by atoms with van der Waals surface area (Å²) >= 11 is 0. The third-order valence-electron chi connectivity index (χ3n) is 5.72. The van der Waals surface area contributed by atoms with Crippen molar-refractivity contribution >= 4 is 27.5 Å². The highest BCUT2D eigenvalue weighted by Crippen LogP contribution is 2.23. The molecule has 4 rings (SSSR count). The van der Waals surface area contributed by atoms with Gasteiger partial charge in [-0.3, -0.25) is 9.59 Å². The first-order chi connectivity index (χ1) is 16.7. The highest BCUT2D eigenvalue weighted by molar-refractivity contribution is 7.89. The number of halogens is 1. The molecule has 1 saturated carbocycles. The van der Waals surface area contributed by atoms with Gasteiger partial charge >= 0.3 is 0 Å². The lowest BCUT2D eigenvalue weighted by molar-refractivity contribution is 0.0952. The Kier molecular flexibility index (Phi) is 7.28. The summed E-state index contributed by atoms with van der Waals surface area (Å²) in [6, 6.07) is 17.0. The molecule has 2 amide bonds. The Balaban J connectivity index is 1.47. The molecule has 0 heterocycles. The van der Waals surface area contributed by atoms with Gasteiger partial charge in [-0.2, -0.15) is 0 Å². The molecule has 35 heavy (non-hydrogen) atoms. The average molecular weight is 496 g/mol. The number of anilines is 1. The molecule has 0 unspecified atom stereocenters. The summed E-state index contributed by atoms with van der Waals surface area (Å²) in [4.78, 5) is 25.5. The molecule has 1 aliphatic carbocycles. The Morgan fingerprint density at radius 2 is 1.66 bits per heavy atom. The van der Waals surface area contributed by atoms with Crippen LogP contribution in [0.5, 0.6) is 0 Å². The molecule has 3 aromatic rings. The molecule has 3 aromatic carbocycles. The number of hydrogen-bond acceptors (Lipinski definition) is 4. The van der Waals surface area contributed by atoms with Crippen LogP contribution < -0.4 is 15.4 Å². The van der Waals surface area contributed by atoms with Crippen LogP contribution in [0.4, 0.5) is 10.1 Å². The van der Waals surface area contributed by atoms with Crippen LogP contribution in [0.2, 0.25) is 0 Å². The van der Waals surface area contributed by atoms with E-state index in [0.717, 1.165) is 18.4 Å². The van der Waals surface area contributed by atoms with Crippen LogP contribution in [0, 0.1) is 12.7 Å². The molecule has 182 valence electrons. The third kappa shape index (κ3) is 6.32. The molecule has 0 aromatic heterocycles. The second-order valence-electron chi connectivity index (χ2n) is 8.50. The van der Waals surface area contributed by atoms with E-state index in [0.29, 0.717) is 23.2 Å². The fourth-order valence-corrected chi connectivity index (χ4v) is 4.61. The van der Waals surface area contributed by atoms with E-state index in [4.69, 9.17) is 0 Å². The van der Waals surface area contributed by atoms with E-state index in [1.807, 2.05) is 0 Å². The maximum Gasteiger partial charge on any atom is 0.255 e. The van der Waals surface area contributed by atoms with E-state index >= 15 is 0 Å². The first kappa shape index (κ1) is 24.6. The number of nitrogens with one attached hydrogen (secondary N) is 3. The van der Waals surface area contributed by atoms with E-state index in [2.05, 4.69) is 15.4 Å². The Hall–Kier alpha value is -3.56. The zero-order valence-electron chi connectivity index (χ0n) is 19.2. The fraction of sp³-hybridized carbons (Fsp3) is 0.231. The maximum absolute atomic E-state index is 13.1. The Bertz CT molecular complexity index is 1350. The Labute approximate surface area is 203 Å². The molecule has 0 atom stereocenters. The van der Waals surface area contributed by atoms with Gasteiger partial charge in [0.05, 0.1) is 16.1 Å². The third-order valence-corrected chi connectivity index (χ3v) is 7.17. The van der Waals surface area contributed by atoms with Crippen LogP contribution >= 0.6 is 0 Å². The van der Waals surface area contributed by atoms with Crippen LogP contribution in [-0.4, -0.2) is 32.8 Å². The van der Waals surface area contributed by atoms with Gasteiger partial charge in [-0.05, 0) is 73.7 Å². The molecule has 9 heteroatoms. The van der Waals surface area contributed by atoms with Crippen LogP contribution in [0.1, 0.15) is 44.7 Å². The van der Waals surface area contributed by atoms with Crippen LogP contribution in [-0.2, 0) is 16.4 Å². The highest BCUT2D eigenvalue weighted by atomic mass is 32.2. The zero-order chi connectivity index (χ0) is 25.0. The largest absolute Gasteiger partial charge is 0.349 e. The van der Waals surface area contributed by atoms with E-state index in [1.54, 1.807) is 49.4 Å². The van der Waals surface area contributed by atoms with Crippen molar-refractivity contribution in [1.29, 1.82) is 0 Å². The summed E-state index contributed by atoms with van der Waals surface area (Å²) in [5.41, 5.74) is 2.26. The fourth-order valence-electron chi connectivity index (χ4n) is 3.55. The maximum atomic E-state index is 13.1. The number of para-hydroxylation sites is 1. The quantitative estimate of drug-likeness (QED) is 0.420. The van der Waals surface area contributed by atoms with Gasteiger partial charge in [0.15, 0.2) is 0 Å². The molecule has 0 spiro atoms. The van der Waals surface area contributed by atoms with Gasteiger partial charge in [0.2, 0.25) is 10.0 Å². The van der Waals surface area contributed by atoms with Gasteiger partial charge in [-0.15, -0.1) is 0 Å². The highest BCUT2D eigenvalue weighted by Gasteiger charge is 2.25. The molecule has 3 N–H and O–H groups in total. The lowest BCUT2D eigenvalue weighted by Gasteiger charge is -2.13. The van der Waals surface area contributed by atoms with Gasteiger partial charge in [0.25, 0.3) is 11.8 Å². The van der Waals surface area contributed by atoms with Gasteiger partial charge in [0, 0.05) is 18.2 Å². The normalized spacial score (nSPS) is 13.3. The summed E-state index contributed by atoms with van der Waals surface area (Å²) in [5, 5.41) is 5.65. The van der Waals surface area contributed by atoms with Crippen LogP contribution in [0.15, 0.2) is 71.6 Å². The van der Waals surface area contributed by atoms with Crippen molar-refractivity contribution in [3.63, 3.8) is 0 Å². The summed E-state index contributed by atoms with van der Waals surface area (Å²) in [5.74, 6) is -1.13. The Morgan fingerprint density at radius 3 is 2.37 bits per heavy atom. The monoisotopic (exact) mass is 495 g/mol. The topological polar surface area (TPSA) is 104 Å². The van der Waals surface area contributed by atoms with Crippen molar-refractivity contribution in [3.8, 4) is 0 Å². The minimum absolute atomic E-state index is 0.0490. The van der Waals surface area contributed by atoms with Crippen LogP contribution in [0.25, 0.3) is 0 Å². The second kappa shape index (κ2) is 10.4. The number of sulfonamides is 1. The van der Waals surface area contributed by atoms with Gasteiger partial charge in [0.1, 0.15) is 5.82 Å². The molecule has 7 nitrogen and oxygen atoms in total. The minimum atomic E-state index is -3.88. The van der Waals surface area contributed by atoms with E-state index in [9.17, 15) is 22.4 Å². The number of hydrogen-bond donors (Lipinski definition) is 3. The van der Waals surface area contributed by atoms with Crippen molar-refractivity contribution in [1.82, 2.24) is 10.0 Å². The molecule has 0 radical (unpaired) electrons. The molecule has 1 aliphatic rings. The number of benzene rings is 3. The number of rotatable bonds is 9. The van der Waals surface area contributed by atoms with E-state index in [-0.39, 0.29) is 34.8 Å². The van der Waals surface area contributed by atoms with Crippen molar-refractivity contribution in [2.75, 3.05) is 11.9 Å². The molecule has 0 bridgehead atoms. The zero-order valence-corrected chi connectivity index (χ0v) is 20.0. The smallest absolute Gasteiger partial charge is 0.255 e. The van der Waals surface area contributed by atoms with Gasteiger partial charge in [-0.1, -0.05) is 30.3 Å². The Morgan fingerprint density at radius 1 is 0.943 bits per heavy atom. The standard InChI is InChI=1S/C26H26FN3O4S/c1-17-6-13-21(35(33,34)28-15-14-18-7-9-19(27)10-8-18)16-23(17)26(32)30-24-5-3-2-4-22(24)25(31)29-20-11-12-20/h2-10,13,16,20,28H,11-12,14-15H2,1H3,(H,29,31)(H,30,32). The molecule has 0 saturated heterocycles. The first-order valence-electron chi connectivity index (χ1n) is 11.3. The molecule has 0 aliphatic heterocycles. The lowest BCUT2D eigenvalue weighted by atomic mass is 10.1. The second-order valence-corrected chi connectivity index (χ2v) is 10.3. The van der Waals surface area contributed by atoms with Crippen molar-refractivity contribution < 1.29 is 22.4 Å². The van der Waals surface area contributed by atoms with Crippen molar-refractivity contribution in [3.05, 3.63) is 94.8 Å². The van der Waals surface area contributed by atoms with Crippen molar-refractivity contribution in [2.24, 2.45) is 0 Å². The van der Waals surface area contributed by atoms with E-state index in [1.165, 1.54) is 24.3 Å².